The van der Waals surface area contributed by atoms with Crippen molar-refractivity contribution in [2.75, 3.05) is 0 Å². The summed E-state index contributed by atoms with van der Waals surface area (Å²) in [5.74, 6) is -0.700. The summed E-state index contributed by atoms with van der Waals surface area (Å²) < 4.78 is 0. The molecule has 0 unspecified atom stereocenters. The number of carbonyl (C=O) groups is 1. The van der Waals surface area contributed by atoms with E-state index in [4.69, 9.17) is 5.11 Å². The van der Waals surface area contributed by atoms with Crippen LogP contribution in [0.3, 0.4) is 0 Å². The van der Waals surface area contributed by atoms with Crippen LogP contribution in [0.2, 0.25) is 0 Å². The maximum absolute atomic E-state index is 10.8. The molecule has 0 aliphatic rings. The van der Waals surface area contributed by atoms with Gasteiger partial charge in [-0.3, -0.25) is 4.79 Å². The molecule has 2 nitrogen and oxygen atoms in total. The van der Waals surface area contributed by atoms with Gasteiger partial charge < -0.3 is 5.11 Å². The molecule has 1 N–H and O–H groups in total. The van der Waals surface area contributed by atoms with Crippen molar-refractivity contribution < 1.29 is 9.90 Å². The Bertz CT molecular complexity index is 405. The molecule has 3 heteroatoms. The van der Waals surface area contributed by atoms with Crippen LogP contribution in [0.1, 0.15) is 55.4 Å². The molecule has 0 aliphatic carbocycles. The number of aliphatic carboxylic acids is 1. The maximum atomic E-state index is 10.8. The minimum absolute atomic E-state index is 0.116. The first-order valence-corrected chi connectivity index (χ1v) is 7.45. The van der Waals surface area contributed by atoms with Crippen LogP contribution in [0.4, 0.5) is 0 Å². The highest BCUT2D eigenvalue weighted by atomic mass is 32.1. The van der Waals surface area contributed by atoms with Gasteiger partial charge in [0.25, 0.3) is 0 Å². The van der Waals surface area contributed by atoms with Crippen LogP contribution in [0.25, 0.3) is 0 Å². The van der Waals surface area contributed by atoms with Gasteiger partial charge in [-0.05, 0) is 43.2 Å². The smallest absolute Gasteiger partial charge is 0.303 e. The third kappa shape index (κ3) is 4.81. The largest absolute Gasteiger partial charge is 0.481 e. The molecule has 0 aliphatic heterocycles. The average molecular weight is 268 g/mol. The van der Waals surface area contributed by atoms with E-state index in [0.29, 0.717) is 0 Å². The third-order valence-electron chi connectivity index (χ3n) is 3.27. The zero-order valence-corrected chi connectivity index (χ0v) is 12.7. The number of hydrogen-bond acceptors (Lipinski definition) is 2. The molecule has 0 radical (unpaired) electrons. The Balaban J connectivity index is 2.57. The van der Waals surface area contributed by atoms with Gasteiger partial charge in [-0.15, -0.1) is 11.3 Å². The fraction of sp³-hybridized carbons (Fsp3) is 0.667. The number of aryl methyl sites for hydroxylation is 3. The predicted molar refractivity (Wildman–Crippen MR) is 77.4 cm³/mol. The topological polar surface area (TPSA) is 37.3 Å². The van der Waals surface area contributed by atoms with Crippen molar-refractivity contribution in [3.05, 3.63) is 21.4 Å². The van der Waals surface area contributed by atoms with Gasteiger partial charge >= 0.3 is 5.97 Å². The minimum Gasteiger partial charge on any atom is -0.481 e. The van der Waals surface area contributed by atoms with E-state index in [1.165, 1.54) is 21.7 Å². The standard InChI is InChI=1S/C15H24O2S/c1-5-6-12-9-13(18-11(12)2)7-8-15(3,4)10-14(16)17/h9H,5-8,10H2,1-4H3,(H,16,17). The van der Waals surface area contributed by atoms with Crippen molar-refractivity contribution in [3.63, 3.8) is 0 Å². The zero-order valence-electron chi connectivity index (χ0n) is 11.9. The van der Waals surface area contributed by atoms with E-state index in [1.54, 1.807) is 0 Å². The SMILES string of the molecule is CCCc1cc(CCC(C)(C)CC(=O)O)sc1C. The van der Waals surface area contributed by atoms with Crippen LogP contribution in [0.5, 0.6) is 0 Å². The molecule has 0 atom stereocenters. The van der Waals surface area contributed by atoms with Gasteiger partial charge in [-0.2, -0.15) is 0 Å². The van der Waals surface area contributed by atoms with Crippen LogP contribution in [-0.4, -0.2) is 11.1 Å². The number of rotatable bonds is 7. The van der Waals surface area contributed by atoms with Gasteiger partial charge in [0.1, 0.15) is 0 Å². The molecular weight excluding hydrogens is 244 g/mol. The summed E-state index contributed by atoms with van der Waals surface area (Å²) in [6, 6.07) is 2.31. The first-order chi connectivity index (χ1) is 8.34. The van der Waals surface area contributed by atoms with E-state index in [1.807, 2.05) is 25.2 Å². The Morgan fingerprint density at radius 3 is 2.61 bits per heavy atom. The average Bonchev–Trinajstić information content (AvgIpc) is 2.56. The highest BCUT2D eigenvalue weighted by molar-refractivity contribution is 7.12. The number of thiophene rings is 1. The van der Waals surface area contributed by atoms with Crippen LogP contribution < -0.4 is 0 Å². The monoisotopic (exact) mass is 268 g/mol. The van der Waals surface area contributed by atoms with Crippen molar-refractivity contribution in [1.82, 2.24) is 0 Å². The van der Waals surface area contributed by atoms with Gasteiger partial charge in [0.15, 0.2) is 0 Å². The van der Waals surface area contributed by atoms with Gasteiger partial charge in [0, 0.05) is 9.75 Å². The summed E-state index contributed by atoms with van der Waals surface area (Å²) in [6.07, 6.45) is 4.52. The lowest BCUT2D eigenvalue weighted by atomic mass is 9.84. The Kier molecular flexibility index (Phi) is 5.39. The predicted octanol–water partition coefficient (Wildman–Crippen LogP) is 4.44. The van der Waals surface area contributed by atoms with Crippen molar-refractivity contribution in [1.29, 1.82) is 0 Å². The first-order valence-electron chi connectivity index (χ1n) is 6.64. The quantitative estimate of drug-likeness (QED) is 0.793. The molecule has 1 heterocycles. The molecule has 1 aromatic rings. The van der Waals surface area contributed by atoms with Gasteiger partial charge in [-0.25, -0.2) is 0 Å². The molecule has 0 saturated heterocycles. The number of hydrogen-bond donors (Lipinski definition) is 1. The molecule has 18 heavy (non-hydrogen) atoms. The molecular formula is C15H24O2S. The second kappa shape index (κ2) is 6.37. The Labute approximate surface area is 114 Å². The molecule has 102 valence electrons. The third-order valence-corrected chi connectivity index (χ3v) is 4.42. The summed E-state index contributed by atoms with van der Waals surface area (Å²) in [4.78, 5) is 13.6. The lowest BCUT2D eigenvalue weighted by Gasteiger charge is -2.21. The van der Waals surface area contributed by atoms with E-state index < -0.39 is 5.97 Å². The van der Waals surface area contributed by atoms with Crippen molar-refractivity contribution >= 4 is 17.3 Å². The molecule has 0 bridgehead atoms. The van der Waals surface area contributed by atoms with E-state index >= 15 is 0 Å². The highest BCUT2D eigenvalue weighted by Gasteiger charge is 2.21. The minimum atomic E-state index is -0.700. The lowest BCUT2D eigenvalue weighted by Crippen LogP contribution is -2.17. The van der Waals surface area contributed by atoms with E-state index in [2.05, 4.69) is 19.9 Å². The second-order valence-electron chi connectivity index (χ2n) is 5.78. The second-order valence-corrected chi connectivity index (χ2v) is 7.12. The van der Waals surface area contributed by atoms with Crippen molar-refractivity contribution in [3.8, 4) is 0 Å². The molecule has 0 amide bonds. The van der Waals surface area contributed by atoms with Crippen molar-refractivity contribution in [2.45, 2.75) is 59.8 Å². The summed E-state index contributed by atoms with van der Waals surface area (Å²) in [5.41, 5.74) is 1.35. The van der Waals surface area contributed by atoms with Crippen LogP contribution in [0.15, 0.2) is 6.07 Å². The van der Waals surface area contributed by atoms with Crippen LogP contribution >= 0.6 is 11.3 Å². The Hall–Kier alpha value is -0.830. The molecule has 0 saturated carbocycles. The Morgan fingerprint density at radius 2 is 2.06 bits per heavy atom. The Morgan fingerprint density at radius 1 is 1.39 bits per heavy atom. The fourth-order valence-corrected chi connectivity index (χ4v) is 3.28. The summed E-state index contributed by atoms with van der Waals surface area (Å²) in [7, 11) is 0. The molecule has 0 fully saturated rings. The number of carboxylic acids is 1. The zero-order chi connectivity index (χ0) is 13.8. The van der Waals surface area contributed by atoms with Crippen LogP contribution in [0, 0.1) is 12.3 Å². The fourth-order valence-electron chi connectivity index (χ4n) is 2.19. The normalized spacial score (nSPS) is 11.8. The van der Waals surface area contributed by atoms with E-state index in [-0.39, 0.29) is 11.8 Å². The highest BCUT2D eigenvalue weighted by Crippen LogP contribution is 2.30. The molecule has 1 rings (SSSR count). The van der Waals surface area contributed by atoms with E-state index in [0.717, 1.165) is 19.3 Å². The summed E-state index contributed by atoms with van der Waals surface area (Å²) >= 11 is 1.87. The first kappa shape index (κ1) is 15.2. The van der Waals surface area contributed by atoms with Gasteiger partial charge in [-0.1, -0.05) is 27.2 Å². The van der Waals surface area contributed by atoms with Gasteiger partial charge in [0.05, 0.1) is 6.42 Å². The molecule has 0 spiro atoms. The van der Waals surface area contributed by atoms with Crippen LogP contribution in [-0.2, 0) is 17.6 Å². The van der Waals surface area contributed by atoms with E-state index in [9.17, 15) is 4.79 Å². The lowest BCUT2D eigenvalue weighted by molar-refractivity contribution is -0.139. The summed E-state index contributed by atoms with van der Waals surface area (Å²) in [5, 5.41) is 8.87. The number of carboxylic acid groups (broad SMARTS) is 1. The molecule has 1 aromatic heterocycles. The van der Waals surface area contributed by atoms with Gasteiger partial charge in [0.2, 0.25) is 0 Å². The molecule has 0 aromatic carbocycles. The summed E-state index contributed by atoms with van der Waals surface area (Å²) in [6.45, 7) is 8.46. The van der Waals surface area contributed by atoms with Crippen molar-refractivity contribution in [2.24, 2.45) is 5.41 Å². The maximum Gasteiger partial charge on any atom is 0.303 e.